The zero-order valence-electron chi connectivity index (χ0n) is 7.91. The quantitative estimate of drug-likeness (QED) is 0.726. The number of nitrogens with zero attached hydrogens (tertiary/aromatic N) is 1. The summed E-state index contributed by atoms with van der Waals surface area (Å²) in [6.07, 6.45) is 3.38. The van der Waals surface area contributed by atoms with E-state index < -0.39 is 0 Å². The summed E-state index contributed by atoms with van der Waals surface area (Å²) < 4.78 is 3.09. The van der Waals surface area contributed by atoms with Crippen molar-refractivity contribution in [3.05, 3.63) is 16.7 Å². The first-order valence-corrected chi connectivity index (χ1v) is 6.03. The van der Waals surface area contributed by atoms with Crippen LogP contribution in [0.4, 0.5) is 0 Å². The number of aromatic nitrogens is 2. The van der Waals surface area contributed by atoms with Crippen molar-refractivity contribution in [2.75, 3.05) is 5.75 Å². The minimum Gasteiger partial charge on any atom is -0.335 e. The highest BCUT2D eigenvalue weighted by molar-refractivity contribution is 8.00. The van der Waals surface area contributed by atoms with E-state index >= 15 is 0 Å². The number of rotatable bonds is 1. The summed E-state index contributed by atoms with van der Waals surface area (Å²) in [6.45, 7) is 4.34. The molecule has 1 saturated heterocycles. The molecule has 1 aromatic rings. The number of thioether (sulfide) groups is 1. The standard InChI is InChI=1S/C9H14N2S2/c1-6-5-11(9(12)10-6)8-3-4-13-7(8)2/h5,7-8H,3-4H2,1-2H3,(H,10,12). The Morgan fingerprint density at radius 2 is 2.46 bits per heavy atom. The highest BCUT2D eigenvalue weighted by Gasteiger charge is 2.25. The number of aryl methyl sites for hydroxylation is 1. The molecule has 1 N–H and O–H groups in total. The van der Waals surface area contributed by atoms with Crippen molar-refractivity contribution < 1.29 is 0 Å². The lowest BCUT2D eigenvalue weighted by Crippen LogP contribution is -2.13. The van der Waals surface area contributed by atoms with Crippen molar-refractivity contribution in [1.29, 1.82) is 0 Å². The van der Waals surface area contributed by atoms with E-state index in [0.717, 1.165) is 10.5 Å². The Balaban J connectivity index is 2.34. The molecule has 0 amide bonds. The number of imidazole rings is 1. The van der Waals surface area contributed by atoms with Gasteiger partial charge in [0.05, 0.1) is 0 Å². The van der Waals surface area contributed by atoms with Gasteiger partial charge in [0.25, 0.3) is 0 Å². The smallest absolute Gasteiger partial charge is 0.177 e. The Morgan fingerprint density at radius 1 is 1.69 bits per heavy atom. The van der Waals surface area contributed by atoms with Crippen LogP contribution in [0.5, 0.6) is 0 Å². The third-order valence-corrected chi connectivity index (χ3v) is 4.19. The van der Waals surface area contributed by atoms with Gasteiger partial charge >= 0.3 is 0 Å². The molecule has 13 heavy (non-hydrogen) atoms. The third-order valence-electron chi connectivity index (χ3n) is 2.56. The van der Waals surface area contributed by atoms with Crippen LogP contribution in [0.1, 0.15) is 25.1 Å². The zero-order chi connectivity index (χ0) is 9.42. The predicted octanol–water partition coefficient (Wildman–Crippen LogP) is 2.92. The molecule has 1 aromatic heterocycles. The Morgan fingerprint density at radius 3 is 2.92 bits per heavy atom. The minimum absolute atomic E-state index is 0.599. The first-order chi connectivity index (χ1) is 6.18. The van der Waals surface area contributed by atoms with Gasteiger partial charge in [-0.05, 0) is 31.3 Å². The van der Waals surface area contributed by atoms with Crippen molar-refractivity contribution in [2.45, 2.75) is 31.6 Å². The topological polar surface area (TPSA) is 20.7 Å². The van der Waals surface area contributed by atoms with Gasteiger partial charge in [0, 0.05) is 23.2 Å². The van der Waals surface area contributed by atoms with E-state index in [1.54, 1.807) is 0 Å². The van der Waals surface area contributed by atoms with Crippen molar-refractivity contribution in [1.82, 2.24) is 9.55 Å². The van der Waals surface area contributed by atoms with Crippen molar-refractivity contribution in [3.8, 4) is 0 Å². The van der Waals surface area contributed by atoms with E-state index in [1.807, 2.05) is 11.8 Å². The minimum atomic E-state index is 0.599. The molecule has 0 saturated carbocycles. The van der Waals surface area contributed by atoms with Crippen LogP contribution < -0.4 is 0 Å². The summed E-state index contributed by atoms with van der Waals surface area (Å²) in [6, 6.07) is 0.599. The van der Waals surface area contributed by atoms with Crippen LogP contribution in [0, 0.1) is 11.7 Å². The molecular weight excluding hydrogens is 200 g/mol. The summed E-state index contributed by atoms with van der Waals surface area (Å²) in [5.41, 5.74) is 1.16. The van der Waals surface area contributed by atoms with Crippen LogP contribution in [-0.2, 0) is 0 Å². The number of H-pyrrole nitrogens is 1. The Kier molecular flexibility index (Phi) is 2.51. The van der Waals surface area contributed by atoms with Crippen LogP contribution in [-0.4, -0.2) is 20.6 Å². The summed E-state index contributed by atoms with van der Waals surface area (Å²) in [4.78, 5) is 3.17. The van der Waals surface area contributed by atoms with Gasteiger partial charge in [-0.3, -0.25) is 0 Å². The van der Waals surface area contributed by atoms with Gasteiger partial charge in [-0.25, -0.2) is 0 Å². The SMILES string of the molecule is Cc1cn(C2CCSC2C)c(=S)[nH]1. The second-order valence-corrected chi connectivity index (χ2v) is 5.45. The second-order valence-electron chi connectivity index (χ2n) is 3.58. The molecule has 0 radical (unpaired) electrons. The molecule has 1 fully saturated rings. The first-order valence-electron chi connectivity index (χ1n) is 4.58. The van der Waals surface area contributed by atoms with E-state index in [1.165, 1.54) is 12.2 Å². The third kappa shape index (κ3) is 1.70. The van der Waals surface area contributed by atoms with E-state index in [0.29, 0.717) is 11.3 Å². The molecule has 1 aliphatic rings. The highest BCUT2D eigenvalue weighted by Crippen LogP contribution is 2.35. The van der Waals surface area contributed by atoms with Gasteiger partial charge in [0.15, 0.2) is 4.77 Å². The normalized spacial score (nSPS) is 28.2. The molecule has 2 heterocycles. The van der Waals surface area contributed by atoms with E-state index in [9.17, 15) is 0 Å². The molecular formula is C9H14N2S2. The van der Waals surface area contributed by atoms with E-state index in [-0.39, 0.29) is 0 Å². The fourth-order valence-electron chi connectivity index (χ4n) is 1.86. The largest absolute Gasteiger partial charge is 0.335 e. The molecule has 0 spiro atoms. The van der Waals surface area contributed by atoms with Gasteiger partial charge in [0.2, 0.25) is 0 Å². The monoisotopic (exact) mass is 214 g/mol. The molecule has 2 atom stereocenters. The zero-order valence-corrected chi connectivity index (χ0v) is 9.54. The second kappa shape index (κ2) is 3.50. The molecule has 0 aliphatic carbocycles. The van der Waals surface area contributed by atoms with Crippen LogP contribution >= 0.6 is 24.0 Å². The average molecular weight is 214 g/mol. The average Bonchev–Trinajstić information content (AvgIpc) is 2.58. The van der Waals surface area contributed by atoms with Crippen LogP contribution in [0.3, 0.4) is 0 Å². The Labute approximate surface area is 87.7 Å². The number of aromatic amines is 1. The molecule has 2 rings (SSSR count). The Hall–Kier alpha value is -0.220. The lowest BCUT2D eigenvalue weighted by molar-refractivity contribution is 0.499. The summed E-state index contributed by atoms with van der Waals surface area (Å²) >= 11 is 7.30. The van der Waals surface area contributed by atoms with Crippen molar-refractivity contribution in [2.24, 2.45) is 0 Å². The molecule has 2 unspecified atom stereocenters. The number of hydrogen-bond donors (Lipinski definition) is 1. The molecule has 2 nitrogen and oxygen atoms in total. The Bertz CT molecular complexity index is 353. The van der Waals surface area contributed by atoms with Gasteiger partial charge in [-0.15, -0.1) is 0 Å². The van der Waals surface area contributed by atoms with Gasteiger partial charge in [-0.2, -0.15) is 11.8 Å². The molecule has 1 aliphatic heterocycles. The molecule has 72 valence electrons. The van der Waals surface area contributed by atoms with Gasteiger partial charge in [0.1, 0.15) is 0 Å². The predicted molar refractivity (Wildman–Crippen MR) is 59.9 cm³/mol. The van der Waals surface area contributed by atoms with Crippen molar-refractivity contribution in [3.63, 3.8) is 0 Å². The maximum absolute atomic E-state index is 5.26. The van der Waals surface area contributed by atoms with Crippen LogP contribution in [0.15, 0.2) is 6.20 Å². The number of hydrogen-bond acceptors (Lipinski definition) is 2. The highest BCUT2D eigenvalue weighted by atomic mass is 32.2. The summed E-state index contributed by atoms with van der Waals surface area (Å²) in [5.74, 6) is 1.26. The van der Waals surface area contributed by atoms with E-state index in [4.69, 9.17) is 12.2 Å². The lowest BCUT2D eigenvalue weighted by atomic mass is 10.2. The summed E-state index contributed by atoms with van der Waals surface area (Å²) in [7, 11) is 0. The fourth-order valence-corrected chi connectivity index (χ4v) is 3.45. The maximum Gasteiger partial charge on any atom is 0.177 e. The van der Waals surface area contributed by atoms with E-state index in [2.05, 4.69) is 29.6 Å². The van der Waals surface area contributed by atoms with Crippen LogP contribution in [0.25, 0.3) is 0 Å². The van der Waals surface area contributed by atoms with Crippen LogP contribution in [0.2, 0.25) is 0 Å². The summed E-state index contributed by atoms with van der Waals surface area (Å²) in [5, 5.41) is 0.696. The van der Waals surface area contributed by atoms with Gasteiger partial charge in [-0.1, -0.05) is 6.92 Å². The molecule has 0 aromatic carbocycles. The fraction of sp³-hybridized carbons (Fsp3) is 0.667. The molecule has 0 bridgehead atoms. The van der Waals surface area contributed by atoms with Gasteiger partial charge < -0.3 is 9.55 Å². The maximum atomic E-state index is 5.26. The first kappa shape index (κ1) is 9.34. The number of nitrogens with one attached hydrogen (secondary N) is 1. The van der Waals surface area contributed by atoms with Crippen molar-refractivity contribution >= 4 is 24.0 Å². The molecule has 4 heteroatoms. The lowest BCUT2D eigenvalue weighted by Gasteiger charge is -2.15.